The molecule has 140 valence electrons. The van der Waals surface area contributed by atoms with Gasteiger partial charge in [-0.15, -0.1) is 0 Å². The minimum Gasteiger partial charge on any atom is -0.478 e. The number of allylic oxidation sites excluding steroid dienone is 1. The van der Waals surface area contributed by atoms with Gasteiger partial charge in [0.05, 0.1) is 0 Å². The van der Waals surface area contributed by atoms with E-state index in [1.165, 1.54) is 51.0 Å². The Morgan fingerprint density at radius 2 is 1.50 bits per heavy atom. The lowest BCUT2D eigenvalue weighted by Crippen LogP contribution is -2.03. The summed E-state index contributed by atoms with van der Waals surface area (Å²) in [6.07, 6.45) is 17.1. The molecule has 0 saturated heterocycles. The fourth-order valence-corrected chi connectivity index (χ4v) is 3.03. The summed E-state index contributed by atoms with van der Waals surface area (Å²) in [7, 11) is 0. The summed E-state index contributed by atoms with van der Waals surface area (Å²) >= 11 is 0. The van der Waals surface area contributed by atoms with Crippen molar-refractivity contribution in [2.75, 3.05) is 0 Å². The number of hydrogen-bond acceptors (Lipinski definition) is 2. The second-order valence-corrected chi connectivity index (χ2v) is 7.61. The fourth-order valence-electron chi connectivity index (χ4n) is 3.03. The number of carbonyl (C=O) groups is 2. The van der Waals surface area contributed by atoms with Crippen LogP contribution in [-0.4, -0.2) is 17.4 Å². The number of unbranched alkanes of at least 4 members (excludes halogenated alkanes) is 4. The molecule has 3 nitrogen and oxygen atoms in total. The zero-order valence-corrected chi connectivity index (χ0v) is 16.0. The molecular weight excluding hydrogens is 300 g/mol. The molecule has 0 aliphatic carbocycles. The van der Waals surface area contributed by atoms with Crippen LogP contribution in [-0.2, 0) is 9.59 Å². The van der Waals surface area contributed by atoms with E-state index in [0.717, 1.165) is 43.8 Å². The van der Waals surface area contributed by atoms with Gasteiger partial charge in [-0.1, -0.05) is 78.2 Å². The van der Waals surface area contributed by atoms with Crippen LogP contribution >= 0.6 is 0 Å². The molecule has 0 amide bonds. The van der Waals surface area contributed by atoms with Crippen LogP contribution in [0.15, 0.2) is 12.2 Å². The van der Waals surface area contributed by atoms with Crippen molar-refractivity contribution in [2.45, 2.75) is 91.4 Å². The van der Waals surface area contributed by atoms with E-state index in [2.05, 4.69) is 13.8 Å². The monoisotopic (exact) mass is 338 g/mol. The van der Waals surface area contributed by atoms with Gasteiger partial charge in [0.1, 0.15) is 6.29 Å². The van der Waals surface area contributed by atoms with E-state index in [1.54, 1.807) is 6.08 Å². The third kappa shape index (κ3) is 15.8. The number of rotatable bonds is 16. The standard InChI is InChI=1S/C21H38O3/c1-18(2)15-16-20(13-9-6-10-14-21(23)24)12-8-5-4-7-11-19(3)17-22/h10,14,17-20H,4-9,11-13,15-16H2,1-3H3,(H,23,24)/b14-10+/t19-,20-/m1/s1. The molecule has 0 aliphatic heterocycles. The Hall–Kier alpha value is -1.12. The van der Waals surface area contributed by atoms with Gasteiger partial charge >= 0.3 is 5.97 Å². The zero-order valence-electron chi connectivity index (χ0n) is 16.0. The Morgan fingerprint density at radius 3 is 2.08 bits per heavy atom. The summed E-state index contributed by atoms with van der Waals surface area (Å²) in [5, 5.41) is 8.60. The van der Waals surface area contributed by atoms with E-state index in [1.807, 2.05) is 6.92 Å². The highest BCUT2D eigenvalue weighted by Gasteiger charge is 2.09. The maximum Gasteiger partial charge on any atom is 0.327 e. The van der Waals surface area contributed by atoms with Gasteiger partial charge in [0, 0.05) is 12.0 Å². The summed E-state index contributed by atoms with van der Waals surface area (Å²) in [6, 6.07) is 0. The highest BCUT2D eigenvalue weighted by atomic mass is 16.4. The lowest BCUT2D eigenvalue weighted by atomic mass is 9.88. The van der Waals surface area contributed by atoms with E-state index in [4.69, 9.17) is 5.11 Å². The smallest absolute Gasteiger partial charge is 0.327 e. The second-order valence-electron chi connectivity index (χ2n) is 7.61. The van der Waals surface area contributed by atoms with Crippen molar-refractivity contribution in [1.82, 2.24) is 0 Å². The molecule has 0 spiro atoms. The molecule has 0 heterocycles. The quantitative estimate of drug-likeness (QED) is 0.212. The molecule has 0 bridgehead atoms. The molecule has 24 heavy (non-hydrogen) atoms. The van der Waals surface area contributed by atoms with Gasteiger partial charge in [-0.25, -0.2) is 4.79 Å². The predicted molar refractivity (Wildman–Crippen MR) is 101 cm³/mol. The molecule has 0 aliphatic rings. The normalized spacial score (nSPS) is 14.2. The van der Waals surface area contributed by atoms with E-state index in [0.29, 0.717) is 0 Å². The number of carbonyl (C=O) groups excluding carboxylic acids is 1. The topological polar surface area (TPSA) is 54.4 Å². The average molecular weight is 339 g/mol. The maximum atomic E-state index is 10.6. The number of hydrogen-bond donors (Lipinski definition) is 1. The molecule has 2 atom stereocenters. The first-order chi connectivity index (χ1) is 11.5. The first-order valence-corrected chi connectivity index (χ1v) is 9.80. The molecule has 0 unspecified atom stereocenters. The van der Waals surface area contributed by atoms with Crippen LogP contribution in [0.4, 0.5) is 0 Å². The molecule has 0 aromatic heterocycles. The van der Waals surface area contributed by atoms with Gasteiger partial charge < -0.3 is 9.90 Å². The maximum absolute atomic E-state index is 10.6. The van der Waals surface area contributed by atoms with Gasteiger partial charge in [0.25, 0.3) is 0 Å². The first-order valence-electron chi connectivity index (χ1n) is 9.80. The van der Waals surface area contributed by atoms with Crippen LogP contribution in [0, 0.1) is 17.8 Å². The summed E-state index contributed by atoms with van der Waals surface area (Å²) < 4.78 is 0. The van der Waals surface area contributed by atoms with E-state index >= 15 is 0 Å². The molecule has 0 rings (SSSR count). The number of carboxylic acids is 1. The molecule has 1 N–H and O–H groups in total. The van der Waals surface area contributed by atoms with E-state index < -0.39 is 5.97 Å². The van der Waals surface area contributed by atoms with Crippen molar-refractivity contribution >= 4 is 12.3 Å². The van der Waals surface area contributed by atoms with E-state index in [9.17, 15) is 9.59 Å². The number of aliphatic carboxylic acids is 1. The summed E-state index contributed by atoms with van der Waals surface area (Å²) in [5.41, 5.74) is 0. The minimum atomic E-state index is -0.852. The number of carboxylic acid groups (broad SMARTS) is 1. The molecule has 0 aromatic carbocycles. The lowest BCUT2D eigenvalue weighted by molar-refractivity contribution is -0.131. The third-order valence-corrected chi connectivity index (χ3v) is 4.65. The van der Waals surface area contributed by atoms with Crippen LogP contribution in [0.1, 0.15) is 91.4 Å². The van der Waals surface area contributed by atoms with Crippen molar-refractivity contribution in [3.8, 4) is 0 Å². The van der Waals surface area contributed by atoms with Crippen molar-refractivity contribution in [1.29, 1.82) is 0 Å². The van der Waals surface area contributed by atoms with Gasteiger partial charge in [-0.3, -0.25) is 0 Å². The molecule has 0 saturated carbocycles. The minimum absolute atomic E-state index is 0.211. The highest BCUT2D eigenvalue weighted by molar-refractivity contribution is 5.79. The van der Waals surface area contributed by atoms with Crippen LogP contribution in [0.2, 0.25) is 0 Å². The Labute approximate surface area is 148 Å². The fraction of sp³-hybridized carbons (Fsp3) is 0.810. The van der Waals surface area contributed by atoms with Crippen molar-refractivity contribution in [3.05, 3.63) is 12.2 Å². The van der Waals surface area contributed by atoms with Gasteiger partial charge in [-0.2, -0.15) is 0 Å². The molecular formula is C21H38O3. The van der Waals surface area contributed by atoms with Gasteiger partial charge in [0.15, 0.2) is 0 Å². The van der Waals surface area contributed by atoms with Crippen LogP contribution in [0.25, 0.3) is 0 Å². The Kier molecular flexibility index (Phi) is 14.7. The zero-order chi connectivity index (χ0) is 18.2. The van der Waals surface area contributed by atoms with Gasteiger partial charge in [0.2, 0.25) is 0 Å². The Morgan fingerprint density at radius 1 is 0.875 bits per heavy atom. The lowest BCUT2D eigenvalue weighted by Gasteiger charge is -2.18. The van der Waals surface area contributed by atoms with Crippen molar-refractivity contribution in [3.63, 3.8) is 0 Å². The van der Waals surface area contributed by atoms with Crippen LogP contribution in [0.3, 0.4) is 0 Å². The Bertz CT molecular complexity index is 347. The molecule has 0 radical (unpaired) electrons. The summed E-state index contributed by atoms with van der Waals surface area (Å²) in [6.45, 7) is 6.55. The summed E-state index contributed by atoms with van der Waals surface area (Å²) in [5.74, 6) is 0.890. The SMILES string of the molecule is CC(C)CC[C@@H](CCC/C=C/C(=O)O)CCCCCC[C@@H](C)C=O. The van der Waals surface area contributed by atoms with Crippen LogP contribution < -0.4 is 0 Å². The summed E-state index contributed by atoms with van der Waals surface area (Å²) in [4.78, 5) is 21.0. The van der Waals surface area contributed by atoms with Crippen molar-refractivity contribution < 1.29 is 14.7 Å². The molecule has 0 aromatic rings. The predicted octanol–water partition coefficient (Wildman–Crippen LogP) is 6.03. The molecule has 0 fully saturated rings. The largest absolute Gasteiger partial charge is 0.478 e. The molecule has 3 heteroatoms. The van der Waals surface area contributed by atoms with Crippen LogP contribution in [0.5, 0.6) is 0 Å². The second kappa shape index (κ2) is 15.4. The van der Waals surface area contributed by atoms with Crippen molar-refractivity contribution in [2.24, 2.45) is 17.8 Å². The Balaban J connectivity index is 3.90. The average Bonchev–Trinajstić information content (AvgIpc) is 2.53. The third-order valence-electron chi connectivity index (χ3n) is 4.65. The number of aldehydes is 1. The van der Waals surface area contributed by atoms with Gasteiger partial charge in [-0.05, 0) is 31.1 Å². The van der Waals surface area contributed by atoms with E-state index in [-0.39, 0.29) is 5.92 Å². The highest BCUT2D eigenvalue weighted by Crippen LogP contribution is 2.24. The first kappa shape index (κ1) is 22.9.